The number of nitrogens with one attached hydrogen (secondary N) is 1. The molecule has 1 amide bonds. The van der Waals surface area contributed by atoms with Crippen LogP contribution in [0.5, 0.6) is 5.75 Å². The van der Waals surface area contributed by atoms with E-state index >= 15 is 0 Å². The Bertz CT molecular complexity index is 641. The number of rotatable bonds is 2. The number of nitrogen functional groups attached to an aromatic ring is 1. The van der Waals surface area contributed by atoms with E-state index < -0.39 is 0 Å². The Morgan fingerprint density at radius 2 is 2.05 bits per heavy atom. The number of carbonyl (C=O) groups excluding carboxylic acids is 1. The van der Waals surface area contributed by atoms with Gasteiger partial charge in [0, 0.05) is 15.7 Å². The number of amides is 1. The van der Waals surface area contributed by atoms with Gasteiger partial charge in [0.1, 0.15) is 5.75 Å². The Morgan fingerprint density at radius 1 is 1.32 bits per heavy atom. The highest BCUT2D eigenvalue weighted by Gasteiger charge is 2.12. The molecule has 0 saturated carbocycles. The summed E-state index contributed by atoms with van der Waals surface area (Å²) in [7, 11) is 0. The lowest BCUT2D eigenvalue weighted by atomic mass is 10.1. The Labute approximate surface area is 119 Å². The minimum atomic E-state index is -0.307. The summed E-state index contributed by atoms with van der Waals surface area (Å²) in [6.45, 7) is 1.78. The summed E-state index contributed by atoms with van der Waals surface area (Å²) in [4.78, 5) is 12.2. The first kappa shape index (κ1) is 13.4. The van der Waals surface area contributed by atoms with Crippen molar-refractivity contribution in [1.29, 1.82) is 0 Å². The minimum absolute atomic E-state index is 0.0121. The number of aromatic hydroxyl groups is 1. The number of anilines is 2. The zero-order valence-corrected chi connectivity index (χ0v) is 11.9. The standard InChI is InChI=1S/C14H13BrN2O2/c1-8-10(3-2-4-11(8)16)14(19)17-12-7-9(15)5-6-13(12)18/h2-7,18H,16H2,1H3,(H,17,19). The fraction of sp³-hybridized carbons (Fsp3) is 0.0714. The first-order valence-corrected chi connectivity index (χ1v) is 6.43. The monoisotopic (exact) mass is 320 g/mol. The topological polar surface area (TPSA) is 75.4 Å². The molecule has 19 heavy (non-hydrogen) atoms. The lowest BCUT2D eigenvalue weighted by Gasteiger charge is -2.10. The molecule has 0 bridgehead atoms. The smallest absolute Gasteiger partial charge is 0.256 e. The van der Waals surface area contributed by atoms with Gasteiger partial charge >= 0.3 is 0 Å². The maximum absolute atomic E-state index is 12.2. The molecule has 0 aliphatic rings. The van der Waals surface area contributed by atoms with E-state index in [0.29, 0.717) is 16.9 Å². The van der Waals surface area contributed by atoms with Crippen LogP contribution in [-0.4, -0.2) is 11.0 Å². The van der Waals surface area contributed by atoms with Crippen molar-refractivity contribution in [3.63, 3.8) is 0 Å². The van der Waals surface area contributed by atoms with Crippen molar-refractivity contribution in [2.24, 2.45) is 0 Å². The number of halogens is 1. The van der Waals surface area contributed by atoms with Gasteiger partial charge in [-0.25, -0.2) is 0 Å². The van der Waals surface area contributed by atoms with Crippen molar-refractivity contribution >= 4 is 33.2 Å². The molecule has 2 rings (SSSR count). The highest BCUT2D eigenvalue weighted by atomic mass is 79.9. The third-order valence-corrected chi connectivity index (χ3v) is 3.32. The van der Waals surface area contributed by atoms with Gasteiger partial charge in [-0.15, -0.1) is 0 Å². The lowest BCUT2D eigenvalue weighted by Crippen LogP contribution is -2.14. The number of phenols is 1. The van der Waals surface area contributed by atoms with Crippen LogP contribution in [0.3, 0.4) is 0 Å². The Kier molecular flexibility index (Phi) is 3.76. The van der Waals surface area contributed by atoms with Gasteiger partial charge in [0.2, 0.25) is 0 Å². The summed E-state index contributed by atoms with van der Waals surface area (Å²) in [5.41, 5.74) is 7.88. The SMILES string of the molecule is Cc1c(N)cccc1C(=O)Nc1cc(Br)ccc1O. The van der Waals surface area contributed by atoms with Gasteiger partial charge in [0.15, 0.2) is 0 Å². The van der Waals surface area contributed by atoms with E-state index in [1.54, 1.807) is 37.3 Å². The van der Waals surface area contributed by atoms with Gasteiger partial charge in [-0.05, 0) is 42.8 Å². The van der Waals surface area contributed by atoms with Gasteiger partial charge < -0.3 is 16.2 Å². The van der Waals surface area contributed by atoms with Gasteiger partial charge in [-0.2, -0.15) is 0 Å². The molecule has 0 unspecified atom stereocenters. The molecule has 0 aliphatic carbocycles. The van der Waals surface area contributed by atoms with Crippen LogP contribution in [0.25, 0.3) is 0 Å². The second-order valence-corrected chi connectivity index (χ2v) is 5.05. The quantitative estimate of drug-likeness (QED) is 0.587. The number of carbonyl (C=O) groups is 1. The largest absolute Gasteiger partial charge is 0.506 e. The second kappa shape index (κ2) is 5.32. The number of phenolic OH excluding ortho intramolecular Hbond substituents is 1. The molecule has 0 radical (unpaired) electrons. The first-order chi connectivity index (χ1) is 8.99. The summed E-state index contributed by atoms with van der Waals surface area (Å²) in [5, 5.41) is 12.4. The molecule has 0 atom stereocenters. The Morgan fingerprint density at radius 3 is 2.79 bits per heavy atom. The molecule has 0 fully saturated rings. The van der Waals surface area contributed by atoms with Crippen LogP contribution < -0.4 is 11.1 Å². The van der Waals surface area contributed by atoms with Crippen molar-refractivity contribution < 1.29 is 9.90 Å². The lowest BCUT2D eigenvalue weighted by molar-refractivity contribution is 0.102. The van der Waals surface area contributed by atoms with Crippen LogP contribution in [0, 0.1) is 6.92 Å². The summed E-state index contributed by atoms with van der Waals surface area (Å²) in [5.74, 6) is -0.295. The number of hydrogen-bond acceptors (Lipinski definition) is 3. The molecule has 98 valence electrons. The molecule has 0 saturated heterocycles. The molecular weight excluding hydrogens is 308 g/mol. The third-order valence-electron chi connectivity index (χ3n) is 2.83. The van der Waals surface area contributed by atoms with E-state index in [2.05, 4.69) is 21.2 Å². The van der Waals surface area contributed by atoms with E-state index in [1.807, 2.05) is 0 Å². The highest BCUT2D eigenvalue weighted by molar-refractivity contribution is 9.10. The van der Waals surface area contributed by atoms with Crippen molar-refractivity contribution in [3.05, 3.63) is 52.0 Å². The molecular formula is C14H13BrN2O2. The van der Waals surface area contributed by atoms with Crippen LogP contribution in [0.1, 0.15) is 15.9 Å². The fourth-order valence-electron chi connectivity index (χ4n) is 1.70. The molecule has 0 heterocycles. The van der Waals surface area contributed by atoms with Gasteiger partial charge in [-0.3, -0.25) is 4.79 Å². The molecule has 5 heteroatoms. The van der Waals surface area contributed by atoms with Gasteiger partial charge in [0.05, 0.1) is 5.69 Å². The Hall–Kier alpha value is -2.01. The molecule has 0 aromatic heterocycles. The van der Waals surface area contributed by atoms with Crippen LogP contribution in [0.4, 0.5) is 11.4 Å². The van der Waals surface area contributed by atoms with E-state index in [9.17, 15) is 9.90 Å². The van der Waals surface area contributed by atoms with E-state index in [0.717, 1.165) is 10.0 Å². The third kappa shape index (κ3) is 2.88. The van der Waals surface area contributed by atoms with Crippen molar-refractivity contribution in [3.8, 4) is 5.75 Å². The van der Waals surface area contributed by atoms with Crippen LogP contribution in [0.15, 0.2) is 40.9 Å². The number of benzene rings is 2. The maximum atomic E-state index is 12.2. The van der Waals surface area contributed by atoms with Crippen LogP contribution >= 0.6 is 15.9 Å². The maximum Gasteiger partial charge on any atom is 0.256 e. The minimum Gasteiger partial charge on any atom is -0.506 e. The van der Waals surface area contributed by atoms with E-state index in [4.69, 9.17) is 5.73 Å². The molecule has 4 nitrogen and oxygen atoms in total. The van der Waals surface area contributed by atoms with Crippen molar-refractivity contribution in [2.45, 2.75) is 6.92 Å². The molecule has 4 N–H and O–H groups in total. The summed E-state index contributed by atoms with van der Waals surface area (Å²) in [6.07, 6.45) is 0. The second-order valence-electron chi connectivity index (χ2n) is 4.14. The average Bonchev–Trinajstić information content (AvgIpc) is 2.37. The van der Waals surface area contributed by atoms with E-state index in [-0.39, 0.29) is 11.7 Å². The predicted octanol–water partition coefficient (Wildman–Crippen LogP) is 3.30. The molecule has 2 aromatic carbocycles. The zero-order chi connectivity index (χ0) is 14.0. The van der Waals surface area contributed by atoms with Crippen LogP contribution in [0.2, 0.25) is 0 Å². The first-order valence-electron chi connectivity index (χ1n) is 5.64. The zero-order valence-electron chi connectivity index (χ0n) is 10.3. The number of nitrogens with two attached hydrogens (primary N) is 1. The van der Waals surface area contributed by atoms with E-state index in [1.165, 1.54) is 6.07 Å². The average molecular weight is 321 g/mol. The fourth-order valence-corrected chi connectivity index (χ4v) is 2.06. The van der Waals surface area contributed by atoms with Gasteiger partial charge in [0.25, 0.3) is 5.91 Å². The summed E-state index contributed by atoms with van der Waals surface area (Å²) < 4.78 is 0.768. The van der Waals surface area contributed by atoms with Crippen molar-refractivity contribution in [1.82, 2.24) is 0 Å². The molecule has 2 aromatic rings. The van der Waals surface area contributed by atoms with Crippen LogP contribution in [-0.2, 0) is 0 Å². The normalized spacial score (nSPS) is 10.2. The molecule has 0 aliphatic heterocycles. The predicted molar refractivity (Wildman–Crippen MR) is 79.4 cm³/mol. The summed E-state index contributed by atoms with van der Waals surface area (Å²) in [6, 6.07) is 9.98. The number of hydrogen-bond donors (Lipinski definition) is 3. The summed E-state index contributed by atoms with van der Waals surface area (Å²) >= 11 is 3.29. The highest BCUT2D eigenvalue weighted by Crippen LogP contribution is 2.27. The Balaban J connectivity index is 2.31. The van der Waals surface area contributed by atoms with Crippen molar-refractivity contribution in [2.75, 3.05) is 11.1 Å². The van der Waals surface area contributed by atoms with Gasteiger partial charge in [-0.1, -0.05) is 22.0 Å². The molecule has 0 spiro atoms.